The van der Waals surface area contributed by atoms with E-state index in [1.54, 1.807) is 0 Å². The number of nitrogens with zero attached hydrogens (tertiary/aromatic N) is 3. The number of rotatable bonds is 3. The van der Waals surface area contributed by atoms with Crippen molar-refractivity contribution in [2.45, 2.75) is 0 Å². The molecule has 0 aliphatic heterocycles. The molecular weight excluding hydrogens is 595 g/mol. The van der Waals surface area contributed by atoms with E-state index in [9.17, 15) is 0 Å². The van der Waals surface area contributed by atoms with Crippen molar-refractivity contribution in [3.63, 3.8) is 0 Å². The first-order valence-corrected chi connectivity index (χ1v) is 16.9. The Morgan fingerprint density at radius 1 is 0.245 bits per heavy atom. The molecule has 11 aromatic rings. The fourth-order valence-electron chi connectivity index (χ4n) is 8.46. The summed E-state index contributed by atoms with van der Waals surface area (Å²) in [5.41, 5.74) is 10.8. The van der Waals surface area contributed by atoms with E-state index in [1.807, 2.05) is 0 Å². The van der Waals surface area contributed by atoms with Crippen LogP contribution in [-0.4, -0.2) is 13.7 Å². The van der Waals surface area contributed by atoms with Crippen LogP contribution in [0.1, 0.15) is 0 Å². The molecule has 3 heteroatoms. The smallest absolute Gasteiger partial charge is 0.0627 e. The van der Waals surface area contributed by atoms with Crippen LogP contribution in [0.4, 0.5) is 0 Å². The molecule has 3 nitrogen and oxygen atoms in total. The summed E-state index contributed by atoms with van der Waals surface area (Å²) in [6.07, 6.45) is 0. The van der Waals surface area contributed by atoms with Gasteiger partial charge in [-0.2, -0.15) is 0 Å². The topological polar surface area (TPSA) is 14.8 Å². The zero-order valence-corrected chi connectivity index (χ0v) is 26.6. The summed E-state index contributed by atoms with van der Waals surface area (Å²) >= 11 is 0. The Bertz CT molecular complexity index is 3090. The van der Waals surface area contributed by atoms with Crippen LogP contribution in [0, 0.1) is 0 Å². The average Bonchev–Trinajstić information content (AvgIpc) is 3.82. The van der Waals surface area contributed by atoms with Crippen LogP contribution in [0.3, 0.4) is 0 Å². The van der Waals surface area contributed by atoms with Crippen molar-refractivity contribution in [1.82, 2.24) is 13.7 Å². The molecule has 0 N–H and O–H groups in total. The predicted octanol–water partition coefficient (Wildman–Crippen LogP) is 12.1. The summed E-state index contributed by atoms with van der Waals surface area (Å²) in [4.78, 5) is 0. The second kappa shape index (κ2) is 9.96. The first-order valence-electron chi connectivity index (χ1n) is 16.9. The summed E-state index contributed by atoms with van der Waals surface area (Å²) in [6.45, 7) is 0. The van der Waals surface area contributed by atoms with Gasteiger partial charge in [-0.1, -0.05) is 115 Å². The first kappa shape index (κ1) is 26.5. The largest absolute Gasteiger partial charge is 0.309 e. The zero-order chi connectivity index (χ0) is 32.1. The van der Waals surface area contributed by atoms with Crippen LogP contribution in [0.2, 0.25) is 0 Å². The number of hydrogen-bond acceptors (Lipinski definition) is 0. The molecule has 49 heavy (non-hydrogen) atoms. The Labute approximate surface area is 282 Å². The maximum atomic E-state index is 2.51. The van der Waals surface area contributed by atoms with Gasteiger partial charge in [0.1, 0.15) is 0 Å². The molecule has 0 aliphatic rings. The molecular formula is C46H29N3. The zero-order valence-electron chi connectivity index (χ0n) is 26.6. The highest BCUT2D eigenvalue weighted by Gasteiger charge is 2.24. The molecule has 0 bridgehead atoms. The second-order valence-corrected chi connectivity index (χ2v) is 12.9. The Balaban J connectivity index is 1.33. The molecule has 0 saturated heterocycles. The molecule has 0 saturated carbocycles. The van der Waals surface area contributed by atoms with Gasteiger partial charge >= 0.3 is 0 Å². The number of para-hydroxylation sites is 5. The van der Waals surface area contributed by atoms with Crippen LogP contribution in [-0.2, 0) is 0 Å². The van der Waals surface area contributed by atoms with E-state index in [2.05, 4.69) is 190 Å². The molecule has 0 atom stereocenters. The van der Waals surface area contributed by atoms with E-state index in [0.29, 0.717) is 0 Å². The number of aromatic nitrogens is 3. The lowest BCUT2D eigenvalue weighted by atomic mass is 9.99. The normalized spacial score (nSPS) is 12.1. The van der Waals surface area contributed by atoms with Crippen LogP contribution in [0.25, 0.3) is 93.3 Å². The van der Waals surface area contributed by atoms with Gasteiger partial charge in [0.05, 0.1) is 33.1 Å². The fourth-order valence-corrected chi connectivity index (χ4v) is 8.46. The lowest BCUT2D eigenvalue weighted by molar-refractivity contribution is 1.17. The number of fused-ring (bicyclic) bond motifs is 13. The van der Waals surface area contributed by atoms with Gasteiger partial charge in [0, 0.05) is 60.2 Å². The molecule has 0 amide bonds. The van der Waals surface area contributed by atoms with Crippen LogP contribution in [0.5, 0.6) is 0 Å². The van der Waals surface area contributed by atoms with Gasteiger partial charge in [-0.15, -0.1) is 0 Å². The second-order valence-electron chi connectivity index (χ2n) is 12.9. The van der Waals surface area contributed by atoms with Crippen molar-refractivity contribution in [3.8, 4) is 17.1 Å². The average molecular weight is 624 g/mol. The van der Waals surface area contributed by atoms with E-state index >= 15 is 0 Å². The Morgan fingerprint density at radius 2 is 0.633 bits per heavy atom. The highest BCUT2D eigenvalue weighted by atomic mass is 15.0. The molecule has 0 aliphatic carbocycles. The molecule has 0 fully saturated rings. The van der Waals surface area contributed by atoms with Crippen molar-refractivity contribution < 1.29 is 0 Å². The Hall–Kier alpha value is -6.58. The monoisotopic (exact) mass is 623 g/mol. The van der Waals surface area contributed by atoms with Gasteiger partial charge in [0.2, 0.25) is 0 Å². The molecule has 0 spiro atoms. The van der Waals surface area contributed by atoms with E-state index in [1.165, 1.54) is 87.6 Å². The van der Waals surface area contributed by atoms with Gasteiger partial charge in [-0.3, -0.25) is 0 Å². The maximum Gasteiger partial charge on any atom is 0.0627 e. The Kier molecular flexibility index (Phi) is 5.38. The molecule has 3 aromatic heterocycles. The minimum atomic E-state index is 1.16. The van der Waals surface area contributed by atoms with Crippen molar-refractivity contribution in [3.05, 3.63) is 176 Å². The highest BCUT2D eigenvalue weighted by Crippen LogP contribution is 2.47. The summed E-state index contributed by atoms with van der Waals surface area (Å²) < 4.78 is 7.36. The molecule has 228 valence electrons. The third-order valence-electron chi connectivity index (χ3n) is 10.4. The first-order chi connectivity index (χ1) is 24.4. The minimum absolute atomic E-state index is 1.16. The van der Waals surface area contributed by atoms with Crippen molar-refractivity contribution in [2.75, 3.05) is 0 Å². The van der Waals surface area contributed by atoms with Crippen molar-refractivity contribution in [1.29, 1.82) is 0 Å². The fraction of sp³-hybridized carbons (Fsp3) is 0. The van der Waals surface area contributed by atoms with Gasteiger partial charge in [-0.05, 0) is 60.7 Å². The lowest BCUT2D eigenvalue weighted by Crippen LogP contribution is -1.97. The summed E-state index contributed by atoms with van der Waals surface area (Å²) in [6, 6.07) is 64.1. The predicted molar refractivity (Wildman–Crippen MR) is 207 cm³/mol. The van der Waals surface area contributed by atoms with E-state index < -0.39 is 0 Å². The lowest BCUT2D eigenvalue weighted by Gasteiger charge is -2.14. The number of hydrogen-bond donors (Lipinski definition) is 0. The van der Waals surface area contributed by atoms with Gasteiger partial charge in [-0.25, -0.2) is 0 Å². The third kappa shape index (κ3) is 3.56. The quantitative estimate of drug-likeness (QED) is 0.186. The molecule has 0 radical (unpaired) electrons. The Morgan fingerprint density at radius 3 is 1.18 bits per heavy atom. The highest BCUT2D eigenvalue weighted by molar-refractivity contribution is 6.37. The van der Waals surface area contributed by atoms with Gasteiger partial charge < -0.3 is 13.7 Å². The van der Waals surface area contributed by atoms with E-state index in [4.69, 9.17) is 0 Å². The standard InChI is InChI=1S/C46H29N3/c1-3-15-30(16-4-1)47-39-24-12-9-19-33(39)38-29-32(27-28-42(38)47)49-41-26-14-11-23-37(41)44-43-36-22-10-13-25-40(36)48(31-17-5-2-6-18-31)45(43)34-20-7-8-21-35(34)46(44)49/h1-29H. The van der Waals surface area contributed by atoms with Crippen molar-refractivity contribution >= 4 is 76.2 Å². The number of benzene rings is 8. The molecule has 3 heterocycles. The van der Waals surface area contributed by atoms with Crippen LogP contribution >= 0.6 is 0 Å². The SMILES string of the molecule is c1ccc(-n2c3ccccc3c3cc(-n4c5ccccc5c5c6c7ccccc7n(-c7ccccc7)c6c6ccccc6c54)ccc32)cc1. The summed E-state index contributed by atoms with van der Waals surface area (Å²) in [7, 11) is 0. The third-order valence-corrected chi connectivity index (χ3v) is 10.4. The summed E-state index contributed by atoms with van der Waals surface area (Å²) in [5, 5.41) is 10.1. The van der Waals surface area contributed by atoms with Gasteiger partial charge in [0.25, 0.3) is 0 Å². The molecule has 0 unspecified atom stereocenters. The van der Waals surface area contributed by atoms with E-state index in [0.717, 1.165) is 5.69 Å². The molecule has 11 rings (SSSR count). The van der Waals surface area contributed by atoms with Crippen molar-refractivity contribution in [2.24, 2.45) is 0 Å². The van der Waals surface area contributed by atoms with Crippen LogP contribution in [0.15, 0.2) is 176 Å². The minimum Gasteiger partial charge on any atom is -0.309 e. The van der Waals surface area contributed by atoms with Crippen LogP contribution < -0.4 is 0 Å². The van der Waals surface area contributed by atoms with Gasteiger partial charge in [0.15, 0.2) is 0 Å². The maximum absolute atomic E-state index is 2.51. The molecule has 8 aromatic carbocycles. The van der Waals surface area contributed by atoms with E-state index in [-0.39, 0.29) is 0 Å². The summed E-state index contributed by atoms with van der Waals surface area (Å²) in [5.74, 6) is 0.